The Balaban J connectivity index is 2.62. The van der Waals surface area contributed by atoms with E-state index < -0.39 is 11.7 Å². The average Bonchev–Trinajstić information content (AvgIpc) is 2.81. The van der Waals surface area contributed by atoms with Gasteiger partial charge < -0.3 is 10.5 Å². The molecule has 2 aromatic rings. The quantitative estimate of drug-likeness (QED) is 0.881. The second kappa shape index (κ2) is 4.61. The van der Waals surface area contributed by atoms with Crippen molar-refractivity contribution in [3.63, 3.8) is 0 Å². The molecule has 0 spiro atoms. The second-order valence-electron chi connectivity index (χ2n) is 3.33. The number of methoxy groups -OCH3 is 1. The van der Waals surface area contributed by atoms with Crippen LogP contribution < -0.4 is 10.5 Å². The van der Waals surface area contributed by atoms with Gasteiger partial charge >= 0.3 is 0 Å². The Morgan fingerprint density at radius 3 is 2.83 bits per heavy atom. The first-order chi connectivity index (χ1) is 8.56. The Hall–Kier alpha value is -2.15. The van der Waals surface area contributed by atoms with Gasteiger partial charge in [0.15, 0.2) is 17.3 Å². The van der Waals surface area contributed by atoms with Crippen molar-refractivity contribution < 1.29 is 13.9 Å². The highest BCUT2D eigenvalue weighted by molar-refractivity contribution is 6.33. The number of amides is 1. The normalized spacial score (nSPS) is 10.4. The molecule has 0 atom stereocenters. The van der Waals surface area contributed by atoms with Gasteiger partial charge in [-0.25, -0.2) is 4.39 Å². The third-order valence-electron chi connectivity index (χ3n) is 2.30. The average molecular weight is 271 g/mol. The van der Waals surface area contributed by atoms with Crippen molar-refractivity contribution in [1.29, 1.82) is 0 Å². The van der Waals surface area contributed by atoms with E-state index in [1.54, 1.807) is 0 Å². The molecule has 0 bridgehead atoms. The van der Waals surface area contributed by atoms with E-state index in [9.17, 15) is 9.18 Å². The lowest BCUT2D eigenvalue weighted by atomic mass is 10.1. The lowest BCUT2D eigenvalue weighted by Crippen LogP contribution is -2.12. The van der Waals surface area contributed by atoms with E-state index in [1.165, 1.54) is 19.2 Å². The number of halogens is 2. The highest BCUT2D eigenvalue weighted by atomic mass is 35.5. The molecule has 1 aromatic heterocycles. The first kappa shape index (κ1) is 12.3. The van der Waals surface area contributed by atoms with Crippen LogP contribution in [0.2, 0.25) is 5.02 Å². The summed E-state index contributed by atoms with van der Waals surface area (Å²) < 4.78 is 18.5. The predicted octanol–water partition coefficient (Wildman–Crippen LogP) is 1.37. The first-order valence-electron chi connectivity index (χ1n) is 4.79. The Bertz CT molecular complexity index is 614. The number of hydrogen-bond acceptors (Lipinski definition) is 4. The highest BCUT2D eigenvalue weighted by Gasteiger charge is 2.21. The number of primary amides is 1. The first-order valence-corrected chi connectivity index (χ1v) is 5.17. The molecular weight excluding hydrogens is 263 g/mol. The lowest BCUT2D eigenvalue weighted by molar-refractivity contribution is 0.0996. The molecule has 1 heterocycles. The number of hydrogen-bond donors (Lipinski definition) is 2. The molecule has 0 saturated heterocycles. The minimum absolute atomic E-state index is 0.00660. The second-order valence-corrected chi connectivity index (χ2v) is 3.71. The predicted molar refractivity (Wildman–Crippen MR) is 61.9 cm³/mol. The molecule has 6 nitrogen and oxygen atoms in total. The van der Waals surface area contributed by atoms with Gasteiger partial charge in [-0.05, 0) is 12.1 Å². The summed E-state index contributed by atoms with van der Waals surface area (Å²) in [5, 5.41) is 9.34. The van der Waals surface area contributed by atoms with E-state index >= 15 is 0 Å². The molecule has 94 valence electrons. The number of nitrogens with two attached hydrogens (primary N) is 1. The molecule has 0 radical (unpaired) electrons. The molecule has 0 unspecified atom stereocenters. The zero-order valence-corrected chi connectivity index (χ0v) is 9.95. The number of rotatable bonds is 3. The van der Waals surface area contributed by atoms with Gasteiger partial charge in [0.1, 0.15) is 5.69 Å². The smallest absolute Gasteiger partial charge is 0.271 e. The molecule has 0 aliphatic rings. The fourth-order valence-electron chi connectivity index (χ4n) is 1.46. The lowest BCUT2D eigenvalue weighted by Gasteiger charge is -2.07. The third-order valence-corrected chi connectivity index (χ3v) is 2.67. The van der Waals surface area contributed by atoms with Crippen LogP contribution in [-0.2, 0) is 0 Å². The Kier molecular flexibility index (Phi) is 3.15. The number of benzene rings is 1. The van der Waals surface area contributed by atoms with Crippen molar-refractivity contribution in [2.75, 3.05) is 7.11 Å². The number of ether oxygens (including phenoxy) is 1. The van der Waals surface area contributed by atoms with E-state index in [0.717, 1.165) is 0 Å². The number of aromatic nitrogens is 3. The number of carbonyl (C=O) groups is 1. The topological polar surface area (TPSA) is 93.9 Å². The number of carbonyl (C=O) groups excluding carboxylic acids is 1. The molecule has 3 N–H and O–H groups in total. The van der Waals surface area contributed by atoms with Crippen molar-refractivity contribution in [2.45, 2.75) is 0 Å². The molecule has 1 amide bonds. The summed E-state index contributed by atoms with van der Waals surface area (Å²) in [5.74, 6) is -1.53. The molecular formula is C10H8ClFN4O2. The standard InChI is InChI=1S/C10H8ClFN4O2/c1-18-5-3-2-4(6(11)7(5)12)8-9(10(13)17)15-16-14-8/h2-3H,1H3,(H2,13,17)(H,14,15,16). The van der Waals surface area contributed by atoms with Gasteiger partial charge in [-0.1, -0.05) is 11.6 Å². The van der Waals surface area contributed by atoms with Crippen LogP contribution in [0.25, 0.3) is 11.3 Å². The van der Waals surface area contributed by atoms with Gasteiger partial charge in [0, 0.05) is 5.56 Å². The maximum atomic E-state index is 13.8. The van der Waals surface area contributed by atoms with E-state index in [0.29, 0.717) is 0 Å². The van der Waals surface area contributed by atoms with Crippen LogP contribution in [0.15, 0.2) is 12.1 Å². The van der Waals surface area contributed by atoms with Crippen molar-refractivity contribution in [2.24, 2.45) is 5.73 Å². The summed E-state index contributed by atoms with van der Waals surface area (Å²) in [6.07, 6.45) is 0. The molecule has 0 fully saturated rings. The minimum Gasteiger partial charge on any atom is -0.494 e. The minimum atomic E-state index is -0.786. The van der Waals surface area contributed by atoms with E-state index in [-0.39, 0.29) is 27.7 Å². The van der Waals surface area contributed by atoms with E-state index in [1.807, 2.05) is 0 Å². The van der Waals surface area contributed by atoms with Gasteiger partial charge in [-0.3, -0.25) is 4.79 Å². The van der Waals surface area contributed by atoms with Crippen molar-refractivity contribution in [1.82, 2.24) is 15.4 Å². The summed E-state index contributed by atoms with van der Waals surface area (Å²) in [6, 6.07) is 2.84. The SMILES string of the molecule is COc1ccc(-c2n[nH]nc2C(N)=O)c(Cl)c1F. The van der Waals surface area contributed by atoms with Gasteiger partial charge in [-0.2, -0.15) is 15.4 Å². The Labute approximate surface area is 106 Å². The largest absolute Gasteiger partial charge is 0.494 e. The zero-order valence-electron chi connectivity index (χ0n) is 9.20. The van der Waals surface area contributed by atoms with Gasteiger partial charge in [0.2, 0.25) is 0 Å². The van der Waals surface area contributed by atoms with Gasteiger partial charge in [0.25, 0.3) is 5.91 Å². The fraction of sp³-hybridized carbons (Fsp3) is 0.100. The maximum absolute atomic E-state index is 13.8. The fourth-order valence-corrected chi connectivity index (χ4v) is 1.71. The van der Waals surface area contributed by atoms with Crippen LogP contribution in [0.5, 0.6) is 5.75 Å². The van der Waals surface area contributed by atoms with Crippen LogP contribution >= 0.6 is 11.6 Å². The molecule has 0 saturated carbocycles. The zero-order chi connectivity index (χ0) is 13.3. The number of aromatic amines is 1. The molecule has 0 aliphatic heterocycles. The van der Waals surface area contributed by atoms with Gasteiger partial charge in [-0.15, -0.1) is 0 Å². The third kappa shape index (κ3) is 1.88. The summed E-state index contributed by atoms with van der Waals surface area (Å²) in [6.45, 7) is 0. The highest BCUT2D eigenvalue weighted by Crippen LogP contribution is 2.34. The van der Waals surface area contributed by atoms with E-state index in [2.05, 4.69) is 15.4 Å². The Morgan fingerprint density at radius 2 is 2.22 bits per heavy atom. The molecule has 0 aliphatic carbocycles. The summed E-state index contributed by atoms with van der Waals surface area (Å²) in [4.78, 5) is 11.1. The maximum Gasteiger partial charge on any atom is 0.271 e. The van der Waals surface area contributed by atoms with Crippen LogP contribution in [0.1, 0.15) is 10.5 Å². The molecule has 8 heteroatoms. The molecule has 1 aromatic carbocycles. The van der Waals surface area contributed by atoms with Crippen molar-refractivity contribution in [3.8, 4) is 17.0 Å². The number of nitrogens with one attached hydrogen (secondary N) is 1. The van der Waals surface area contributed by atoms with Crippen LogP contribution in [0, 0.1) is 5.82 Å². The number of H-pyrrole nitrogens is 1. The molecule has 2 rings (SSSR count). The van der Waals surface area contributed by atoms with Gasteiger partial charge in [0.05, 0.1) is 12.1 Å². The van der Waals surface area contributed by atoms with Crippen molar-refractivity contribution >= 4 is 17.5 Å². The molecule has 18 heavy (non-hydrogen) atoms. The van der Waals surface area contributed by atoms with E-state index in [4.69, 9.17) is 22.1 Å². The van der Waals surface area contributed by atoms with Crippen molar-refractivity contribution in [3.05, 3.63) is 28.7 Å². The van der Waals surface area contributed by atoms with Crippen LogP contribution in [-0.4, -0.2) is 28.4 Å². The summed E-state index contributed by atoms with van der Waals surface area (Å²) in [5.41, 5.74) is 5.31. The Morgan fingerprint density at radius 1 is 1.50 bits per heavy atom. The monoisotopic (exact) mass is 270 g/mol. The number of nitrogens with zero attached hydrogens (tertiary/aromatic N) is 2. The van der Waals surface area contributed by atoms with Crippen LogP contribution in [0.4, 0.5) is 4.39 Å². The summed E-state index contributed by atoms with van der Waals surface area (Å²) >= 11 is 5.86. The van der Waals surface area contributed by atoms with Crippen LogP contribution in [0.3, 0.4) is 0 Å². The summed E-state index contributed by atoms with van der Waals surface area (Å²) in [7, 11) is 1.32.